The number of anilines is 1. The molecule has 2 N–H and O–H groups in total. The molecule has 1 aliphatic rings. The zero-order chi connectivity index (χ0) is 24.0. The molecule has 0 saturated carbocycles. The molecule has 2 amide bonds. The van der Waals surface area contributed by atoms with Crippen LogP contribution in [0.1, 0.15) is 34.1 Å². The highest BCUT2D eigenvalue weighted by molar-refractivity contribution is 6.02. The van der Waals surface area contributed by atoms with E-state index in [1.165, 1.54) is 19.8 Å². The molecule has 0 spiro atoms. The molecule has 8 heteroatoms. The van der Waals surface area contributed by atoms with Crippen molar-refractivity contribution in [3.8, 4) is 11.5 Å². The van der Waals surface area contributed by atoms with Crippen LogP contribution in [0, 0.1) is 6.92 Å². The Labute approximate surface area is 193 Å². The van der Waals surface area contributed by atoms with Gasteiger partial charge in [0, 0.05) is 24.6 Å². The van der Waals surface area contributed by atoms with Crippen molar-refractivity contribution in [2.45, 2.75) is 32.7 Å². The quantitative estimate of drug-likeness (QED) is 0.622. The van der Waals surface area contributed by atoms with Crippen LogP contribution in [-0.4, -0.2) is 41.9 Å². The third kappa shape index (κ3) is 5.52. The lowest BCUT2D eigenvalue weighted by atomic mass is 10.0. The number of carbonyl (C=O) groups excluding carboxylic acids is 2. The van der Waals surface area contributed by atoms with Gasteiger partial charge in [-0.25, -0.2) is 0 Å². The molecule has 0 saturated heterocycles. The summed E-state index contributed by atoms with van der Waals surface area (Å²) < 4.78 is 12.0. The summed E-state index contributed by atoms with van der Waals surface area (Å²) in [6, 6.07) is 14.7. The van der Waals surface area contributed by atoms with Crippen LogP contribution in [0.25, 0.3) is 0 Å². The number of carbonyl (C=O) groups is 2. The van der Waals surface area contributed by atoms with E-state index in [-0.39, 0.29) is 11.8 Å². The highest BCUT2D eigenvalue weighted by Crippen LogP contribution is 2.28. The molecule has 174 valence electrons. The number of hydrogen-bond acceptors (Lipinski definition) is 5. The number of aryl methyl sites for hydroxylation is 3. The fraction of sp³-hybridized carbons (Fsp3) is 0.320. The number of methoxy groups -OCH3 is 2. The minimum atomic E-state index is -0.656. The predicted molar refractivity (Wildman–Crippen MR) is 127 cm³/mol. The smallest absolute Gasteiger partial charge is 0.252 e. The summed E-state index contributed by atoms with van der Waals surface area (Å²) in [5.74, 6) is 1.05. The Morgan fingerprint density at radius 2 is 1.85 bits per heavy atom. The largest absolute Gasteiger partial charge is 0.493 e. The van der Waals surface area contributed by atoms with E-state index in [1.54, 1.807) is 29.9 Å². The van der Waals surface area contributed by atoms with E-state index in [4.69, 9.17) is 9.47 Å². The van der Waals surface area contributed by atoms with E-state index < -0.39 is 6.04 Å². The van der Waals surface area contributed by atoms with Crippen LogP contribution in [0.2, 0.25) is 0 Å². The maximum absolute atomic E-state index is 12.5. The van der Waals surface area contributed by atoms with Crippen molar-refractivity contribution in [2.24, 2.45) is 7.05 Å². The average molecular weight is 451 g/mol. The van der Waals surface area contributed by atoms with Crippen LogP contribution in [0.15, 0.2) is 48.5 Å². The lowest BCUT2D eigenvalue weighted by molar-refractivity contribution is -0.118. The third-order valence-corrected chi connectivity index (χ3v) is 5.51. The number of rotatable bonds is 5. The summed E-state index contributed by atoms with van der Waals surface area (Å²) in [6.07, 6.45) is 1.54. The van der Waals surface area contributed by atoms with Crippen molar-refractivity contribution in [1.82, 2.24) is 15.1 Å². The maximum Gasteiger partial charge on any atom is 0.252 e. The first-order valence-corrected chi connectivity index (χ1v) is 10.8. The molecule has 0 bridgehead atoms. The number of aromatic nitrogens is 2. The molecule has 2 heterocycles. The molecule has 0 fully saturated rings. The molecule has 1 aromatic heterocycles. The first kappa shape index (κ1) is 23.8. The number of ether oxygens (including phenoxy) is 2. The molecule has 1 unspecified atom stereocenters. The van der Waals surface area contributed by atoms with Gasteiger partial charge in [-0.2, -0.15) is 5.10 Å². The molecule has 3 aromatic rings. The summed E-state index contributed by atoms with van der Waals surface area (Å²) in [5.41, 5.74) is 3.56. The maximum atomic E-state index is 12.5. The van der Waals surface area contributed by atoms with Crippen LogP contribution < -0.4 is 20.1 Å². The van der Waals surface area contributed by atoms with Crippen molar-refractivity contribution in [2.75, 3.05) is 19.5 Å². The molecular formula is C25H30N4O4. The fourth-order valence-electron chi connectivity index (χ4n) is 3.65. The number of nitrogens with one attached hydrogen (secondary N) is 2. The van der Waals surface area contributed by atoms with Gasteiger partial charge in [0.05, 0.1) is 19.9 Å². The lowest BCUT2D eigenvalue weighted by Gasteiger charge is -2.24. The van der Waals surface area contributed by atoms with Crippen LogP contribution in [0.3, 0.4) is 0 Å². The van der Waals surface area contributed by atoms with Crippen molar-refractivity contribution in [3.63, 3.8) is 0 Å². The van der Waals surface area contributed by atoms with Gasteiger partial charge in [-0.15, -0.1) is 0 Å². The Morgan fingerprint density at radius 1 is 1.15 bits per heavy atom. The molecule has 33 heavy (non-hydrogen) atoms. The van der Waals surface area contributed by atoms with Crippen LogP contribution in [0.5, 0.6) is 11.5 Å². The standard InChI is InChI=1S/C17H20N4O4.C8H10/c1-9-11-8-12(17(23)19-15(11)21(2)20-9)18-16(22)10-5-6-13(24-3)14(7-10)25-4;1-2-8-6-4-3-5-7-8/h5-7,12H,8H2,1-4H3,(H,18,22)(H,19,23);3-7H,2H2,1H3. The SMILES string of the molecule is CCc1ccccc1.COc1ccc(C(=O)NC2Cc3c(C)nn(C)c3NC2=O)cc1OC. The monoisotopic (exact) mass is 450 g/mol. The normalized spacial score (nSPS) is 14.3. The summed E-state index contributed by atoms with van der Waals surface area (Å²) in [4.78, 5) is 24.8. The number of fused-ring (bicyclic) bond motifs is 1. The van der Waals surface area contributed by atoms with E-state index >= 15 is 0 Å². The zero-order valence-electron chi connectivity index (χ0n) is 19.6. The van der Waals surface area contributed by atoms with Crippen LogP contribution >= 0.6 is 0 Å². The van der Waals surface area contributed by atoms with Gasteiger partial charge in [-0.05, 0) is 37.1 Å². The van der Waals surface area contributed by atoms with Crippen molar-refractivity contribution in [3.05, 3.63) is 70.9 Å². The van der Waals surface area contributed by atoms with Gasteiger partial charge in [-0.1, -0.05) is 37.3 Å². The second-order valence-electron chi connectivity index (χ2n) is 7.66. The van der Waals surface area contributed by atoms with E-state index in [0.29, 0.717) is 29.3 Å². The molecule has 1 atom stereocenters. The molecule has 4 rings (SSSR count). The van der Waals surface area contributed by atoms with Crippen molar-refractivity contribution in [1.29, 1.82) is 0 Å². The number of hydrogen-bond donors (Lipinski definition) is 2. The Morgan fingerprint density at radius 3 is 2.45 bits per heavy atom. The van der Waals surface area contributed by atoms with Gasteiger partial charge in [0.1, 0.15) is 11.9 Å². The van der Waals surface area contributed by atoms with Gasteiger partial charge in [0.2, 0.25) is 5.91 Å². The van der Waals surface area contributed by atoms with Crippen molar-refractivity contribution < 1.29 is 19.1 Å². The topological polar surface area (TPSA) is 94.5 Å². The Hall–Kier alpha value is -3.81. The second-order valence-corrected chi connectivity index (χ2v) is 7.66. The molecule has 2 aromatic carbocycles. The number of amides is 2. The van der Waals surface area contributed by atoms with Gasteiger partial charge in [0.25, 0.3) is 5.91 Å². The van der Waals surface area contributed by atoms with Gasteiger partial charge in [0.15, 0.2) is 11.5 Å². The molecule has 0 radical (unpaired) electrons. The summed E-state index contributed by atoms with van der Waals surface area (Å²) in [7, 11) is 4.80. The van der Waals surface area contributed by atoms with Gasteiger partial charge in [-0.3, -0.25) is 14.3 Å². The summed E-state index contributed by atoms with van der Waals surface area (Å²) in [5, 5.41) is 9.87. The first-order valence-electron chi connectivity index (χ1n) is 10.8. The van der Waals surface area contributed by atoms with E-state index in [9.17, 15) is 9.59 Å². The third-order valence-electron chi connectivity index (χ3n) is 5.51. The summed E-state index contributed by atoms with van der Waals surface area (Å²) in [6.45, 7) is 4.04. The average Bonchev–Trinajstić information content (AvgIpc) is 3.11. The van der Waals surface area contributed by atoms with E-state index in [0.717, 1.165) is 17.7 Å². The van der Waals surface area contributed by atoms with Gasteiger partial charge >= 0.3 is 0 Å². The number of benzene rings is 2. The second kappa shape index (κ2) is 10.7. The minimum absolute atomic E-state index is 0.260. The van der Waals surface area contributed by atoms with Crippen LogP contribution in [-0.2, 0) is 24.7 Å². The number of nitrogens with zero attached hydrogens (tertiary/aromatic N) is 2. The molecular weight excluding hydrogens is 420 g/mol. The predicted octanol–water partition coefficient (Wildman–Crippen LogP) is 3.29. The summed E-state index contributed by atoms with van der Waals surface area (Å²) >= 11 is 0. The Kier molecular flexibility index (Phi) is 7.71. The van der Waals surface area contributed by atoms with Crippen molar-refractivity contribution >= 4 is 17.6 Å². The van der Waals surface area contributed by atoms with E-state index in [1.807, 2.05) is 13.0 Å². The zero-order valence-corrected chi connectivity index (χ0v) is 19.6. The molecule has 8 nitrogen and oxygen atoms in total. The first-order chi connectivity index (χ1) is 15.9. The van der Waals surface area contributed by atoms with Gasteiger partial charge < -0.3 is 20.1 Å². The highest BCUT2D eigenvalue weighted by atomic mass is 16.5. The lowest BCUT2D eigenvalue weighted by Crippen LogP contribution is -2.47. The Balaban J connectivity index is 0.000000323. The minimum Gasteiger partial charge on any atom is -0.493 e. The molecule has 0 aliphatic carbocycles. The van der Waals surface area contributed by atoms with Crippen LogP contribution in [0.4, 0.5) is 5.82 Å². The highest BCUT2D eigenvalue weighted by Gasteiger charge is 2.31. The Bertz CT molecular complexity index is 1120. The fourth-order valence-corrected chi connectivity index (χ4v) is 3.65. The van der Waals surface area contributed by atoms with E-state index in [2.05, 4.69) is 46.9 Å². The molecule has 1 aliphatic heterocycles.